The van der Waals surface area contributed by atoms with Crippen LogP contribution in [0.5, 0.6) is 0 Å². The van der Waals surface area contributed by atoms with E-state index in [9.17, 15) is 4.79 Å². The minimum Gasteiger partial charge on any atom is -0.372 e. The molecule has 136 valence electrons. The number of nitrogens with one attached hydrogen (secondary N) is 3. The number of rotatable bonds is 4. The molecule has 3 aromatic rings. The molecule has 0 unspecified atom stereocenters. The average molecular weight is 365 g/mol. The van der Waals surface area contributed by atoms with Gasteiger partial charge in [-0.25, -0.2) is 4.79 Å². The van der Waals surface area contributed by atoms with Crippen LogP contribution in [-0.4, -0.2) is 12.6 Å². The van der Waals surface area contributed by atoms with Crippen LogP contribution in [0, 0.1) is 23.7 Å². The highest BCUT2D eigenvalue weighted by Gasteiger charge is 2.05. The highest BCUT2D eigenvalue weighted by molar-refractivity contribution is 6.01. The smallest absolute Gasteiger partial charge is 0.323 e. The first-order valence-corrected chi connectivity index (χ1v) is 8.81. The fraction of sp³-hybridized carbons (Fsp3) is 0.0417. The Morgan fingerprint density at radius 1 is 0.714 bits per heavy atom. The molecule has 4 heteroatoms. The summed E-state index contributed by atoms with van der Waals surface area (Å²) >= 11 is 0. The zero-order chi connectivity index (χ0) is 19.4. The molecule has 0 saturated carbocycles. The van der Waals surface area contributed by atoms with E-state index in [0.29, 0.717) is 12.2 Å². The van der Waals surface area contributed by atoms with Gasteiger partial charge in [-0.2, -0.15) is 0 Å². The Bertz CT molecular complexity index is 1040. The number of benzene rings is 3. The minimum absolute atomic E-state index is 0.305. The van der Waals surface area contributed by atoms with Crippen molar-refractivity contribution in [2.45, 2.75) is 0 Å². The van der Waals surface area contributed by atoms with Crippen molar-refractivity contribution in [3.63, 3.8) is 0 Å². The number of carbonyl (C=O) groups is 1. The van der Waals surface area contributed by atoms with Crippen molar-refractivity contribution in [3.05, 3.63) is 90.5 Å². The summed E-state index contributed by atoms with van der Waals surface area (Å²) in [6, 6.07) is 26.2. The third-order valence-electron chi connectivity index (χ3n) is 3.71. The summed E-state index contributed by atoms with van der Waals surface area (Å²) in [4.78, 5) is 12.2. The summed E-state index contributed by atoms with van der Waals surface area (Å²) in [5.74, 6) is 11.6. The van der Waals surface area contributed by atoms with E-state index in [1.807, 2.05) is 84.9 Å². The second-order valence-electron chi connectivity index (χ2n) is 5.76. The van der Waals surface area contributed by atoms with Gasteiger partial charge in [-0.3, -0.25) is 0 Å². The average Bonchev–Trinajstić information content (AvgIpc) is 2.73. The third-order valence-corrected chi connectivity index (χ3v) is 3.71. The van der Waals surface area contributed by atoms with Gasteiger partial charge < -0.3 is 16.0 Å². The van der Waals surface area contributed by atoms with Gasteiger partial charge in [-0.05, 0) is 48.2 Å². The molecule has 0 aliphatic heterocycles. The lowest BCUT2D eigenvalue weighted by atomic mass is 10.2. The normalized spacial score (nSPS) is 9.14. The maximum absolute atomic E-state index is 12.2. The van der Waals surface area contributed by atoms with Crippen molar-refractivity contribution >= 4 is 23.1 Å². The molecule has 28 heavy (non-hydrogen) atoms. The van der Waals surface area contributed by atoms with Crippen molar-refractivity contribution < 1.29 is 4.79 Å². The van der Waals surface area contributed by atoms with Crippen molar-refractivity contribution in [3.8, 4) is 23.7 Å². The molecule has 0 bridgehead atoms. The molecular weight excluding hydrogens is 346 g/mol. The topological polar surface area (TPSA) is 53.2 Å². The molecule has 0 aliphatic carbocycles. The summed E-state index contributed by atoms with van der Waals surface area (Å²) in [6.07, 6.45) is 0. The predicted molar refractivity (Wildman–Crippen MR) is 115 cm³/mol. The molecule has 3 rings (SSSR count). The van der Waals surface area contributed by atoms with E-state index in [2.05, 4.69) is 39.6 Å². The van der Waals surface area contributed by atoms with Crippen molar-refractivity contribution in [2.24, 2.45) is 0 Å². The van der Waals surface area contributed by atoms with Gasteiger partial charge in [-0.15, -0.1) is 0 Å². The van der Waals surface area contributed by atoms with Crippen LogP contribution in [0.3, 0.4) is 0 Å². The molecule has 0 aromatic heterocycles. The number of anilines is 3. The molecule has 0 fully saturated rings. The molecule has 0 spiro atoms. The predicted octanol–water partition coefficient (Wildman–Crippen LogP) is 4.80. The number of para-hydroxylation sites is 3. The lowest BCUT2D eigenvalue weighted by molar-refractivity contribution is 0.262. The van der Waals surface area contributed by atoms with Crippen molar-refractivity contribution in [2.75, 3.05) is 22.5 Å². The van der Waals surface area contributed by atoms with Gasteiger partial charge >= 0.3 is 6.03 Å². The second-order valence-corrected chi connectivity index (χ2v) is 5.76. The Balaban J connectivity index is 1.55. The van der Waals surface area contributed by atoms with Gasteiger partial charge in [0.25, 0.3) is 0 Å². The first-order chi connectivity index (χ1) is 13.8. The van der Waals surface area contributed by atoms with Crippen LogP contribution in [0.15, 0.2) is 84.9 Å². The van der Waals surface area contributed by atoms with Gasteiger partial charge in [0.15, 0.2) is 0 Å². The largest absolute Gasteiger partial charge is 0.372 e. The summed E-state index contributed by atoms with van der Waals surface area (Å²) in [7, 11) is 0. The summed E-state index contributed by atoms with van der Waals surface area (Å²) < 4.78 is 0. The van der Waals surface area contributed by atoms with Crippen LogP contribution in [0.2, 0.25) is 0 Å². The van der Waals surface area contributed by atoms with Crippen LogP contribution in [-0.2, 0) is 0 Å². The Kier molecular flexibility index (Phi) is 6.73. The molecule has 0 heterocycles. The zero-order valence-electron chi connectivity index (χ0n) is 15.2. The molecule has 0 atom stereocenters. The van der Waals surface area contributed by atoms with Gasteiger partial charge in [0, 0.05) is 11.3 Å². The number of urea groups is 1. The van der Waals surface area contributed by atoms with E-state index in [1.54, 1.807) is 0 Å². The highest BCUT2D eigenvalue weighted by atomic mass is 16.2. The molecule has 0 aliphatic rings. The molecule has 3 N–H and O–H groups in total. The van der Waals surface area contributed by atoms with E-state index in [1.165, 1.54) is 0 Å². The third kappa shape index (κ3) is 5.98. The molecule has 4 nitrogen and oxygen atoms in total. The van der Waals surface area contributed by atoms with Crippen LogP contribution >= 0.6 is 0 Å². The first-order valence-electron chi connectivity index (χ1n) is 8.81. The molecule has 3 aromatic carbocycles. The minimum atomic E-state index is -0.305. The van der Waals surface area contributed by atoms with E-state index < -0.39 is 0 Å². The fourth-order valence-corrected chi connectivity index (χ4v) is 2.41. The first kappa shape index (κ1) is 18.6. The summed E-state index contributed by atoms with van der Waals surface area (Å²) in [5, 5.41) is 8.83. The maximum atomic E-state index is 12.2. The van der Waals surface area contributed by atoms with Crippen LogP contribution in [0.4, 0.5) is 21.9 Å². The highest BCUT2D eigenvalue weighted by Crippen LogP contribution is 2.20. The van der Waals surface area contributed by atoms with Crippen LogP contribution < -0.4 is 16.0 Å². The Morgan fingerprint density at radius 2 is 1.36 bits per heavy atom. The Morgan fingerprint density at radius 3 is 2.11 bits per heavy atom. The molecule has 0 radical (unpaired) electrons. The Hall–Kier alpha value is -4.15. The van der Waals surface area contributed by atoms with E-state index >= 15 is 0 Å². The fourth-order valence-electron chi connectivity index (χ4n) is 2.41. The SMILES string of the molecule is O=C(Nc1ccccc1)Nc1ccccc1NCC#CC#Cc1ccccc1. The zero-order valence-corrected chi connectivity index (χ0v) is 15.2. The molecular formula is C24H19N3O. The monoisotopic (exact) mass is 365 g/mol. The number of hydrogen-bond acceptors (Lipinski definition) is 2. The number of hydrogen-bond donors (Lipinski definition) is 3. The lowest BCUT2D eigenvalue weighted by Gasteiger charge is -2.12. The number of carbonyl (C=O) groups excluding carboxylic acids is 1. The van der Waals surface area contributed by atoms with Crippen molar-refractivity contribution in [1.82, 2.24) is 0 Å². The maximum Gasteiger partial charge on any atom is 0.323 e. The van der Waals surface area contributed by atoms with Gasteiger partial charge in [0.1, 0.15) is 0 Å². The van der Waals surface area contributed by atoms with E-state index in [4.69, 9.17) is 0 Å². The van der Waals surface area contributed by atoms with Gasteiger partial charge in [0.2, 0.25) is 0 Å². The number of amides is 2. The quantitative estimate of drug-likeness (QED) is 0.582. The molecule has 0 saturated heterocycles. The Labute approximate surface area is 165 Å². The summed E-state index contributed by atoms with van der Waals surface area (Å²) in [6.45, 7) is 0.419. The lowest BCUT2D eigenvalue weighted by Crippen LogP contribution is -2.20. The molecule has 2 amide bonds. The van der Waals surface area contributed by atoms with E-state index in [0.717, 1.165) is 16.9 Å². The summed E-state index contributed by atoms with van der Waals surface area (Å²) in [5.41, 5.74) is 3.13. The van der Waals surface area contributed by atoms with Gasteiger partial charge in [0.05, 0.1) is 17.9 Å². The van der Waals surface area contributed by atoms with Crippen LogP contribution in [0.1, 0.15) is 5.56 Å². The van der Waals surface area contributed by atoms with E-state index in [-0.39, 0.29) is 6.03 Å². The van der Waals surface area contributed by atoms with Crippen molar-refractivity contribution in [1.29, 1.82) is 0 Å². The second kappa shape index (κ2) is 10.1. The standard InChI is InChI=1S/C24H19N3O/c28-24(26-21-15-7-2-8-16-21)27-23-18-10-9-17-22(23)25-19-11-3-6-14-20-12-4-1-5-13-20/h1-2,4-5,7-10,12-13,15-18,25H,19H2,(H2,26,27,28). The van der Waals surface area contributed by atoms with Gasteiger partial charge in [-0.1, -0.05) is 60.4 Å². The van der Waals surface area contributed by atoms with Crippen LogP contribution in [0.25, 0.3) is 0 Å².